The molecule has 0 aliphatic heterocycles. The number of aliphatic imine (C=N–C) groups is 1. The van der Waals surface area contributed by atoms with Crippen LogP contribution >= 0.6 is 0 Å². The quantitative estimate of drug-likeness (QED) is 0.266. The van der Waals surface area contributed by atoms with E-state index >= 15 is 0 Å². The van der Waals surface area contributed by atoms with Crippen molar-refractivity contribution in [2.45, 2.75) is 54.4 Å². The van der Waals surface area contributed by atoms with Crippen molar-refractivity contribution in [3.05, 3.63) is 114 Å². The highest BCUT2D eigenvalue weighted by Gasteiger charge is 2.12. The first kappa shape index (κ1) is 26.9. The Balaban J connectivity index is 2.43. The average Bonchev–Trinajstić information content (AvgIpc) is 2.83. The van der Waals surface area contributed by atoms with E-state index in [1.807, 2.05) is 26.1 Å². The van der Waals surface area contributed by atoms with Gasteiger partial charge in [-0.15, -0.1) is 0 Å². The van der Waals surface area contributed by atoms with Crippen LogP contribution in [0.1, 0.15) is 65.5 Å². The monoisotopic (exact) mass is 452 g/mol. The molecule has 2 heteroatoms. The number of benzene rings is 2. The summed E-state index contributed by atoms with van der Waals surface area (Å²) in [4.78, 5) is 4.66. The van der Waals surface area contributed by atoms with Gasteiger partial charge in [0.1, 0.15) is 0 Å². The minimum absolute atomic E-state index is 0.395. The molecule has 178 valence electrons. The fraction of sp³-hybridized carbons (Fsp3) is 0.281. The molecule has 0 bridgehead atoms. The zero-order valence-corrected chi connectivity index (χ0v) is 21.8. The average molecular weight is 453 g/mol. The predicted octanol–water partition coefficient (Wildman–Crippen LogP) is 9.48. The van der Waals surface area contributed by atoms with Gasteiger partial charge in [0.05, 0.1) is 0 Å². The van der Waals surface area contributed by atoms with Gasteiger partial charge < -0.3 is 5.32 Å². The van der Waals surface area contributed by atoms with E-state index in [0.717, 1.165) is 52.2 Å². The van der Waals surface area contributed by atoms with E-state index in [2.05, 4.69) is 112 Å². The normalized spacial score (nSPS) is 13.3. The zero-order valence-electron chi connectivity index (χ0n) is 21.8. The van der Waals surface area contributed by atoms with Crippen molar-refractivity contribution in [3.8, 4) is 0 Å². The molecule has 0 aliphatic rings. The summed E-state index contributed by atoms with van der Waals surface area (Å²) >= 11 is 0. The van der Waals surface area contributed by atoms with Crippen LogP contribution in [0.4, 0.5) is 5.69 Å². The zero-order chi connectivity index (χ0) is 25.1. The highest BCUT2D eigenvalue weighted by atomic mass is 14.9. The van der Waals surface area contributed by atoms with E-state index in [4.69, 9.17) is 0 Å². The second kappa shape index (κ2) is 13.3. The number of nitrogens with zero attached hydrogens (tertiary/aromatic N) is 1. The SMILES string of the molecule is C=C(C)C(C)=N/C=C(CC)/C(=C/C(C)C)C(=C)c1cccc(N/C(=C\CC)c2ccccc2)c1. The molecule has 2 aromatic rings. The molecule has 2 nitrogen and oxygen atoms in total. The Bertz CT molecular complexity index is 1110. The molecule has 34 heavy (non-hydrogen) atoms. The van der Waals surface area contributed by atoms with Gasteiger partial charge in [-0.2, -0.15) is 0 Å². The molecule has 0 saturated heterocycles. The summed E-state index contributed by atoms with van der Waals surface area (Å²) in [6.07, 6.45) is 8.32. The number of nitrogens with one attached hydrogen (secondary N) is 1. The number of rotatable bonds is 11. The summed E-state index contributed by atoms with van der Waals surface area (Å²) < 4.78 is 0. The molecule has 0 saturated carbocycles. The minimum Gasteiger partial charge on any atom is -0.355 e. The molecule has 2 aromatic carbocycles. The lowest BCUT2D eigenvalue weighted by atomic mass is 9.90. The van der Waals surface area contributed by atoms with Crippen LogP contribution in [-0.4, -0.2) is 5.71 Å². The van der Waals surface area contributed by atoms with Crippen LogP contribution in [0.15, 0.2) is 108 Å². The van der Waals surface area contributed by atoms with Crippen molar-refractivity contribution in [3.63, 3.8) is 0 Å². The topological polar surface area (TPSA) is 24.4 Å². The Morgan fingerprint density at radius 2 is 1.65 bits per heavy atom. The van der Waals surface area contributed by atoms with Gasteiger partial charge in [-0.1, -0.05) is 95.5 Å². The Morgan fingerprint density at radius 1 is 0.971 bits per heavy atom. The van der Waals surface area contributed by atoms with Crippen LogP contribution in [0.3, 0.4) is 0 Å². The molecule has 0 aromatic heterocycles. The Labute approximate surface area is 207 Å². The van der Waals surface area contributed by atoms with Crippen molar-refractivity contribution in [1.29, 1.82) is 0 Å². The number of anilines is 1. The summed E-state index contributed by atoms with van der Waals surface area (Å²) in [6.45, 7) is 21.2. The smallest absolute Gasteiger partial charge is 0.0417 e. The fourth-order valence-electron chi connectivity index (χ4n) is 3.53. The number of hydrogen-bond acceptors (Lipinski definition) is 2. The van der Waals surface area contributed by atoms with Crippen molar-refractivity contribution >= 4 is 22.7 Å². The van der Waals surface area contributed by atoms with Crippen LogP contribution in [0.25, 0.3) is 11.3 Å². The lowest BCUT2D eigenvalue weighted by Crippen LogP contribution is -2.01. The minimum atomic E-state index is 0.395. The maximum Gasteiger partial charge on any atom is 0.0417 e. The van der Waals surface area contributed by atoms with E-state index in [9.17, 15) is 0 Å². The number of allylic oxidation sites excluding steroid dienone is 6. The second-order valence-electron chi connectivity index (χ2n) is 8.90. The lowest BCUT2D eigenvalue weighted by Gasteiger charge is -2.17. The van der Waals surface area contributed by atoms with Crippen molar-refractivity contribution in [1.82, 2.24) is 0 Å². The molecule has 0 atom stereocenters. The van der Waals surface area contributed by atoms with Gasteiger partial charge in [-0.3, -0.25) is 4.99 Å². The van der Waals surface area contributed by atoms with Gasteiger partial charge >= 0.3 is 0 Å². The maximum absolute atomic E-state index is 4.66. The molecule has 0 fully saturated rings. The molecule has 0 aliphatic carbocycles. The molecular weight excluding hydrogens is 412 g/mol. The Morgan fingerprint density at radius 3 is 2.24 bits per heavy atom. The molecule has 0 heterocycles. The third-order valence-corrected chi connectivity index (χ3v) is 5.57. The summed E-state index contributed by atoms with van der Waals surface area (Å²) in [7, 11) is 0. The molecule has 1 N–H and O–H groups in total. The first-order chi connectivity index (χ1) is 16.3. The standard InChI is InChI=1S/C32H40N2/c1-9-15-32(28-16-12-11-13-17-28)34-30-19-14-18-29(21-30)25(7)31(20-23(3)4)27(10-2)22-33-26(8)24(5)6/h11-23,34H,5,7,9-10H2,1-4,6,8H3/b27-22+,31-20+,32-15-,33-26?. The largest absolute Gasteiger partial charge is 0.355 e. The van der Waals surface area contributed by atoms with E-state index in [0.29, 0.717) is 5.92 Å². The summed E-state index contributed by atoms with van der Waals surface area (Å²) in [6, 6.07) is 18.9. The van der Waals surface area contributed by atoms with Gasteiger partial charge in [0.2, 0.25) is 0 Å². The Kier molecular flexibility index (Phi) is 10.5. The molecule has 0 unspecified atom stereocenters. The molecule has 2 rings (SSSR count). The van der Waals surface area contributed by atoms with Gasteiger partial charge in [0.15, 0.2) is 0 Å². The highest BCUT2D eigenvalue weighted by molar-refractivity contribution is 5.97. The molecule has 0 radical (unpaired) electrons. The molecule has 0 spiro atoms. The van der Waals surface area contributed by atoms with Crippen LogP contribution in [-0.2, 0) is 0 Å². The lowest BCUT2D eigenvalue weighted by molar-refractivity contribution is 0.825. The van der Waals surface area contributed by atoms with Crippen LogP contribution < -0.4 is 5.32 Å². The fourth-order valence-corrected chi connectivity index (χ4v) is 3.53. The van der Waals surface area contributed by atoms with Crippen molar-refractivity contribution < 1.29 is 0 Å². The third kappa shape index (κ3) is 7.88. The van der Waals surface area contributed by atoms with Gasteiger partial charge in [0, 0.05) is 23.3 Å². The van der Waals surface area contributed by atoms with Crippen LogP contribution in [0.5, 0.6) is 0 Å². The molecular formula is C32H40N2. The maximum atomic E-state index is 4.66. The van der Waals surface area contributed by atoms with Gasteiger partial charge in [-0.05, 0) is 78.2 Å². The summed E-state index contributed by atoms with van der Waals surface area (Å²) in [5, 5.41) is 3.62. The van der Waals surface area contributed by atoms with E-state index < -0.39 is 0 Å². The van der Waals surface area contributed by atoms with E-state index in [1.165, 1.54) is 11.1 Å². The van der Waals surface area contributed by atoms with Crippen LogP contribution in [0.2, 0.25) is 0 Å². The predicted molar refractivity (Wildman–Crippen MR) is 153 cm³/mol. The van der Waals surface area contributed by atoms with Gasteiger partial charge in [0.25, 0.3) is 0 Å². The summed E-state index contributed by atoms with van der Waals surface area (Å²) in [5.74, 6) is 0.395. The van der Waals surface area contributed by atoms with Crippen molar-refractivity contribution in [2.24, 2.45) is 10.9 Å². The third-order valence-electron chi connectivity index (χ3n) is 5.57. The van der Waals surface area contributed by atoms with Gasteiger partial charge in [-0.25, -0.2) is 0 Å². The first-order valence-corrected chi connectivity index (χ1v) is 12.2. The van der Waals surface area contributed by atoms with Crippen LogP contribution in [0, 0.1) is 5.92 Å². The van der Waals surface area contributed by atoms with E-state index in [1.54, 1.807) is 0 Å². The summed E-state index contributed by atoms with van der Waals surface area (Å²) in [5.41, 5.74) is 9.70. The highest BCUT2D eigenvalue weighted by Crippen LogP contribution is 2.32. The first-order valence-electron chi connectivity index (χ1n) is 12.2. The van der Waals surface area contributed by atoms with E-state index in [-0.39, 0.29) is 0 Å². The second-order valence-corrected chi connectivity index (χ2v) is 8.90. The number of hydrogen-bond donors (Lipinski definition) is 1. The Hall–Kier alpha value is -3.39. The van der Waals surface area contributed by atoms with Crippen molar-refractivity contribution in [2.75, 3.05) is 5.32 Å². The molecule has 0 amide bonds.